The first-order valence-corrected chi connectivity index (χ1v) is 7.18. The molecule has 0 radical (unpaired) electrons. The fraction of sp³-hybridized carbons (Fsp3) is 0.500. The van der Waals surface area contributed by atoms with E-state index in [1.807, 2.05) is 44.2 Å². The standard InChI is InChI=1S/C12H19NO3S/c1-12(2,11-7-4-3-5-8-11)13-9-6-10-17(14,15)16/h3-5,7-8,13H,6,9-10H2,1-2H3,(H,14,15,16). The SMILES string of the molecule is CC(C)(NCCCS(=O)(=O)O)c1ccccc1. The van der Waals surface area contributed by atoms with Gasteiger partial charge in [0.05, 0.1) is 5.75 Å². The summed E-state index contributed by atoms with van der Waals surface area (Å²) in [6.07, 6.45) is 0.398. The molecule has 1 aromatic rings. The van der Waals surface area contributed by atoms with Gasteiger partial charge in [-0.2, -0.15) is 8.42 Å². The second-order valence-corrected chi connectivity index (χ2v) is 6.13. The molecule has 0 aliphatic rings. The summed E-state index contributed by atoms with van der Waals surface area (Å²) in [6, 6.07) is 9.94. The van der Waals surface area contributed by atoms with E-state index in [0.29, 0.717) is 13.0 Å². The average Bonchev–Trinajstić information content (AvgIpc) is 2.25. The number of benzene rings is 1. The molecule has 0 spiro atoms. The quantitative estimate of drug-likeness (QED) is 0.602. The molecule has 0 heterocycles. The van der Waals surface area contributed by atoms with Crippen molar-refractivity contribution in [2.24, 2.45) is 0 Å². The molecule has 1 aromatic carbocycles. The minimum atomic E-state index is -3.85. The van der Waals surface area contributed by atoms with Crippen molar-refractivity contribution in [3.63, 3.8) is 0 Å². The molecule has 0 aliphatic heterocycles. The molecule has 17 heavy (non-hydrogen) atoms. The third-order valence-electron chi connectivity index (χ3n) is 2.64. The molecule has 0 amide bonds. The summed E-state index contributed by atoms with van der Waals surface area (Å²) < 4.78 is 29.7. The fourth-order valence-electron chi connectivity index (χ4n) is 1.61. The van der Waals surface area contributed by atoms with Gasteiger partial charge in [-0.1, -0.05) is 30.3 Å². The molecule has 1 rings (SSSR count). The van der Waals surface area contributed by atoms with Crippen LogP contribution < -0.4 is 5.32 Å². The highest BCUT2D eigenvalue weighted by molar-refractivity contribution is 7.85. The molecule has 2 N–H and O–H groups in total. The van der Waals surface area contributed by atoms with Crippen molar-refractivity contribution < 1.29 is 13.0 Å². The van der Waals surface area contributed by atoms with Gasteiger partial charge in [0.25, 0.3) is 10.1 Å². The zero-order valence-corrected chi connectivity index (χ0v) is 11.0. The highest BCUT2D eigenvalue weighted by atomic mass is 32.2. The van der Waals surface area contributed by atoms with E-state index in [4.69, 9.17) is 4.55 Å². The van der Waals surface area contributed by atoms with Crippen LogP contribution in [0.2, 0.25) is 0 Å². The average molecular weight is 257 g/mol. The van der Waals surface area contributed by atoms with E-state index < -0.39 is 10.1 Å². The summed E-state index contributed by atoms with van der Waals surface area (Å²) in [5.41, 5.74) is 0.937. The highest BCUT2D eigenvalue weighted by Gasteiger charge is 2.18. The van der Waals surface area contributed by atoms with Gasteiger partial charge in [0.1, 0.15) is 0 Å². The lowest BCUT2D eigenvalue weighted by Crippen LogP contribution is -2.37. The summed E-state index contributed by atoms with van der Waals surface area (Å²) in [7, 11) is -3.85. The Morgan fingerprint density at radius 2 is 1.82 bits per heavy atom. The molecule has 0 aromatic heterocycles. The van der Waals surface area contributed by atoms with Crippen molar-refractivity contribution >= 4 is 10.1 Å². The van der Waals surface area contributed by atoms with E-state index in [1.54, 1.807) is 0 Å². The molecule has 0 aliphatic carbocycles. The smallest absolute Gasteiger partial charge is 0.264 e. The van der Waals surface area contributed by atoms with Crippen LogP contribution >= 0.6 is 0 Å². The minimum absolute atomic E-state index is 0.204. The fourth-order valence-corrected chi connectivity index (χ4v) is 2.12. The van der Waals surface area contributed by atoms with Gasteiger partial charge in [0, 0.05) is 5.54 Å². The highest BCUT2D eigenvalue weighted by Crippen LogP contribution is 2.18. The summed E-state index contributed by atoms with van der Waals surface area (Å²) >= 11 is 0. The zero-order chi connectivity index (χ0) is 12.9. The first-order chi connectivity index (χ1) is 7.81. The van der Waals surface area contributed by atoms with E-state index in [0.717, 1.165) is 5.56 Å². The van der Waals surface area contributed by atoms with Crippen LogP contribution in [-0.2, 0) is 15.7 Å². The largest absolute Gasteiger partial charge is 0.308 e. The van der Waals surface area contributed by atoms with Gasteiger partial charge in [-0.15, -0.1) is 0 Å². The Bertz CT molecular complexity index is 440. The number of rotatable bonds is 6. The Kier molecular flexibility index (Phi) is 4.68. The van der Waals surface area contributed by atoms with Crippen molar-refractivity contribution in [3.05, 3.63) is 35.9 Å². The second kappa shape index (κ2) is 5.62. The monoisotopic (exact) mass is 257 g/mol. The molecule has 0 unspecified atom stereocenters. The normalized spacial score (nSPS) is 12.6. The molecule has 0 bridgehead atoms. The van der Waals surface area contributed by atoms with Gasteiger partial charge in [0.2, 0.25) is 0 Å². The predicted octanol–water partition coefficient (Wildman–Crippen LogP) is 1.79. The molecule has 5 heteroatoms. The molecule has 0 saturated carbocycles. The van der Waals surface area contributed by atoms with Crippen molar-refractivity contribution in [2.45, 2.75) is 25.8 Å². The maximum Gasteiger partial charge on any atom is 0.264 e. The Hall–Kier alpha value is -0.910. The Balaban J connectivity index is 2.46. The Labute approximate surface area is 103 Å². The van der Waals surface area contributed by atoms with Crippen LogP contribution in [0.1, 0.15) is 25.8 Å². The molecule has 0 fully saturated rings. The number of hydrogen-bond acceptors (Lipinski definition) is 3. The second-order valence-electron chi connectivity index (χ2n) is 4.56. The lowest BCUT2D eigenvalue weighted by molar-refractivity contribution is 0.401. The summed E-state index contributed by atoms with van der Waals surface area (Å²) in [5, 5.41) is 3.27. The third kappa shape index (κ3) is 5.30. The van der Waals surface area contributed by atoms with Gasteiger partial charge < -0.3 is 5.32 Å². The molecule has 4 nitrogen and oxygen atoms in total. The van der Waals surface area contributed by atoms with E-state index in [2.05, 4.69) is 5.32 Å². The van der Waals surface area contributed by atoms with Gasteiger partial charge in [-0.25, -0.2) is 0 Å². The van der Waals surface area contributed by atoms with Crippen LogP contribution in [0, 0.1) is 0 Å². The first kappa shape index (κ1) is 14.2. The third-order valence-corrected chi connectivity index (χ3v) is 3.45. The maximum absolute atomic E-state index is 10.6. The molecule has 0 saturated heterocycles. The summed E-state index contributed by atoms with van der Waals surface area (Å²) in [5.74, 6) is -0.204. The minimum Gasteiger partial charge on any atom is -0.308 e. The van der Waals surface area contributed by atoms with Crippen LogP contribution in [0.3, 0.4) is 0 Å². The van der Waals surface area contributed by atoms with Gasteiger partial charge in [0.15, 0.2) is 0 Å². The summed E-state index contributed by atoms with van der Waals surface area (Å²) in [4.78, 5) is 0. The van der Waals surface area contributed by atoms with Crippen LogP contribution in [0.5, 0.6) is 0 Å². The molecular weight excluding hydrogens is 238 g/mol. The number of nitrogens with one attached hydrogen (secondary N) is 1. The van der Waals surface area contributed by atoms with Crippen molar-refractivity contribution in [1.29, 1.82) is 0 Å². The van der Waals surface area contributed by atoms with Crippen molar-refractivity contribution in [3.8, 4) is 0 Å². The molecular formula is C12H19NO3S. The predicted molar refractivity (Wildman–Crippen MR) is 68.5 cm³/mol. The van der Waals surface area contributed by atoms with E-state index in [-0.39, 0.29) is 11.3 Å². The Morgan fingerprint density at radius 3 is 2.35 bits per heavy atom. The van der Waals surface area contributed by atoms with Crippen molar-refractivity contribution in [2.75, 3.05) is 12.3 Å². The van der Waals surface area contributed by atoms with Gasteiger partial charge in [-0.05, 0) is 32.4 Å². The van der Waals surface area contributed by atoms with Crippen LogP contribution in [0.4, 0.5) is 0 Å². The lowest BCUT2D eigenvalue weighted by Gasteiger charge is -2.27. The van der Waals surface area contributed by atoms with E-state index in [9.17, 15) is 8.42 Å². The summed E-state index contributed by atoms with van der Waals surface area (Å²) in [6.45, 7) is 4.62. The number of hydrogen-bond donors (Lipinski definition) is 2. The van der Waals surface area contributed by atoms with Crippen LogP contribution in [-0.4, -0.2) is 25.3 Å². The van der Waals surface area contributed by atoms with Gasteiger partial charge >= 0.3 is 0 Å². The van der Waals surface area contributed by atoms with Crippen LogP contribution in [0.25, 0.3) is 0 Å². The van der Waals surface area contributed by atoms with Crippen LogP contribution in [0.15, 0.2) is 30.3 Å². The molecule has 0 atom stereocenters. The van der Waals surface area contributed by atoms with E-state index >= 15 is 0 Å². The van der Waals surface area contributed by atoms with E-state index in [1.165, 1.54) is 0 Å². The maximum atomic E-state index is 10.6. The van der Waals surface area contributed by atoms with Crippen molar-refractivity contribution in [1.82, 2.24) is 5.32 Å². The van der Waals surface area contributed by atoms with Gasteiger partial charge in [-0.3, -0.25) is 4.55 Å². The zero-order valence-electron chi connectivity index (χ0n) is 10.2. The molecule has 96 valence electrons. The first-order valence-electron chi connectivity index (χ1n) is 5.57. The Morgan fingerprint density at radius 1 is 1.24 bits per heavy atom. The lowest BCUT2D eigenvalue weighted by atomic mass is 9.94. The topological polar surface area (TPSA) is 66.4 Å².